The number of rotatable bonds is 47. The largest absolute Gasteiger partial charge is 0.103 e. The summed E-state index contributed by atoms with van der Waals surface area (Å²) in [5, 5.41) is 0. The second-order valence-electron chi connectivity index (χ2n) is 36.5. The zero-order valence-corrected chi connectivity index (χ0v) is 77.9. The maximum atomic E-state index is 3.88. The monoisotopic (exact) mass is 1560 g/mol. The molecule has 7 aliphatic carbocycles. The Labute approximate surface area is 711 Å². The van der Waals surface area contributed by atoms with Crippen molar-refractivity contribution >= 4 is 0 Å². The summed E-state index contributed by atoms with van der Waals surface area (Å²) < 4.78 is 0. The molecule has 0 aliphatic heterocycles. The summed E-state index contributed by atoms with van der Waals surface area (Å²) in [7, 11) is 0. The van der Waals surface area contributed by atoms with Crippen molar-refractivity contribution in [1.29, 1.82) is 0 Å². The van der Waals surface area contributed by atoms with Crippen LogP contribution in [0.3, 0.4) is 0 Å². The number of hydrogen-bond acceptors (Lipinski definition) is 0. The van der Waals surface area contributed by atoms with Crippen LogP contribution in [0.25, 0.3) is 0 Å². The molecule has 0 heteroatoms. The first kappa shape index (κ1) is 107. The average Bonchev–Trinajstić information content (AvgIpc) is 0.968. The van der Waals surface area contributed by atoms with Crippen molar-refractivity contribution in [2.45, 2.75) is 461 Å². The molecule has 7 aliphatic rings. The minimum absolute atomic E-state index is 0.810. The van der Waals surface area contributed by atoms with E-state index in [1.807, 2.05) is 6.08 Å². The zero-order valence-electron chi connectivity index (χ0n) is 77.9. The molecule has 650 valence electrons. The molecule has 0 aromatic rings. The van der Waals surface area contributed by atoms with Gasteiger partial charge in [-0.1, -0.05) is 311 Å². The van der Waals surface area contributed by atoms with Crippen LogP contribution < -0.4 is 0 Å². The van der Waals surface area contributed by atoms with Gasteiger partial charge in [-0.15, -0.1) is 26.3 Å². The van der Waals surface area contributed by atoms with Gasteiger partial charge < -0.3 is 0 Å². The lowest BCUT2D eigenvalue weighted by molar-refractivity contribution is 0.297. The van der Waals surface area contributed by atoms with Crippen LogP contribution in [0.1, 0.15) is 461 Å². The first-order chi connectivity index (χ1) is 55.5. The normalized spacial score (nSPS) is 26.3. The van der Waals surface area contributed by atoms with Gasteiger partial charge in [0.1, 0.15) is 0 Å². The first-order valence-corrected chi connectivity index (χ1v) is 50.6. The fourth-order valence-electron chi connectivity index (χ4n) is 18.1. The highest BCUT2D eigenvalue weighted by Crippen LogP contribution is 2.37. The molecule has 113 heavy (non-hydrogen) atoms. The van der Waals surface area contributed by atoms with Crippen LogP contribution in [0.4, 0.5) is 0 Å². The first-order valence-electron chi connectivity index (χ1n) is 50.6. The average molecular weight is 1560 g/mol. The van der Waals surface area contributed by atoms with Crippen molar-refractivity contribution in [3.8, 4) is 0 Å². The lowest BCUT2D eigenvalue weighted by Crippen LogP contribution is -2.12. The van der Waals surface area contributed by atoms with Gasteiger partial charge in [0.2, 0.25) is 0 Å². The highest BCUT2D eigenvalue weighted by molar-refractivity contribution is 5.01. The highest BCUT2D eigenvalue weighted by atomic mass is 14.3. The Hall–Kier alpha value is -3.64. The van der Waals surface area contributed by atoms with Crippen molar-refractivity contribution in [2.75, 3.05) is 0 Å². The molecule has 0 amide bonds. The van der Waals surface area contributed by atoms with Crippen molar-refractivity contribution in [2.24, 2.45) is 82.9 Å². The molecule has 0 nitrogen and oxygen atoms in total. The van der Waals surface area contributed by atoms with Gasteiger partial charge in [-0.2, -0.15) is 0 Å². The summed E-state index contributed by atoms with van der Waals surface area (Å²) in [6.45, 7) is 37.8. The number of allylic oxidation sites excluding steroid dienone is 24. The second-order valence-corrected chi connectivity index (χ2v) is 36.5. The van der Waals surface area contributed by atoms with E-state index in [2.05, 4.69) is 235 Å². The van der Waals surface area contributed by atoms with Gasteiger partial charge in [-0.25, -0.2) is 0 Å². The minimum Gasteiger partial charge on any atom is -0.103 e. The summed E-state index contributed by atoms with van der Waals surface area (Å²) in [5.74, 6) is 12.4. The maximum Gasteiger partial charge on any atom is -0.0233 e. The molecular formula is C113H198. The fraction of sp³-hybridized carbons (Fsp3) is 0.752. The molecule has 0 aromatic carbocycles. The third kappa shape index (κ3) is 65.0. The van der Waals surface area contributed by atoms with E-state index in [4.69, 9.17) is 0 Å². The number of unbranched alkanes of at least 4 members (excludes halogenated alkanes) is 18. The van der Waals surface area contributed by atoms with E-state index in [0.29, 0.717) is 0 Å². The SMILES string of the molecule is C=CC1CCC(CC/C=C/C)CC1.C=CC1CCC(CC/C=C/CC)CC1.C=CCCC1CCC(C=C)CC1.CCC/C=C/C1CCC(/C=C/CCC)CC1.CCC/C=C/C1CCC(/C=C/CCCC)CC1.CCC/C=C/C1CCC(/C=C/CCCCCCC)CC1.CCC/C=C/C1CCC(/C=C/CCCCCCCC)CC1. The third-order valence-electron chi connectivity index (χ3n) is 26.3. The Kier molecular flexibility index (Phi) is 78.0. The molecular weight excluding hydrogens is 1360 g/mol. The molecule has 0 bridgehead atoms. The van der Waals surface area contributed by atoms with Gasteiger partial charge in [0.05, 0.1) is 0 Å². The summed E-state index contributed by atoms with van der Waals surface area (Å²) in [6, 6.07) is 0. The van der Waals surface area contributed by atoms with E-state index >= 15 is 0 Å². The van der Waals surface area contributed by atoms with Crippen molar-refractivity contribution in [1.82, 2.24) is 0 Å². The predicted molar refractivity (Wildman–Crippen MR) is 519 cm³/mol. The highest BCUT2D eigenvalue weighted by Gasteiger charge is 2.23. The fourth-order valence-corrected chi connectivity index (χ4v) is 18.1. The van der Waals surface area contributed by atoms with E-state index in [-0.39, 0.29) is 0 Å². The summed E-state index contributed by atoms with van der Waals surface area (Å²) in [4.78, 5) is 0. The van der Waals surface area contributed by atoms with Crippen LogP contribution >= 0.6 is 0 Å². The van der Waals surface area contributed by atoms with Crippen molar-refractivity contribution < 1.29 is 0 Å². The minimum atomic E-state index is 0.810. The Balaban J connectivity index is 0.000000664. The molecule has 0 heterocycles. The molecule has 0 N–H and O–H groups in total. The lowest BCUT2D eigenvalue weighted by atomic mass is 9.80. The summed E-state index contributed by atoms with van der Waals surface area (Å²) in [6.07, 6.45) is 140. The topological polar surface area (TPSA) is 0 Å². The van der Waals surface area contributed by atoms with E-state index in [0.717, 1.165) is 82.9 Å². The van der Waals surface area contributed by atoms with E-state index in [1.54, 1.807) is 0 Å². The van der Waals surface area contributed by atoms with E-state index in [9.17, 15) is 0 Å². The van der Waals surface area contributed by atoms with Gasteiger partial charge in [-0.3, -0.25) is 0 Å². The van der Waals surface area contributed by atoms with Crippen LogP contribution in [0.2, 0.25) is 0 Å². The zero-order chi connectivity index (χ0) is 82.2. The molecule has 7 saturated carbocycles. The number of hydrogen-bond donors (Lipinski definition) is 0. The van der Waals surface area contributed by atoms with Crippen LogP contribution in [-0.4, -0.2) is 0 Å². The maximum absolute atomic E-state index is 3.88. The van der Waals surface area contributed by atoms with Crippen molar-refractivity contribution in [3.63, 3.8) is 0 Å². The van der Waals surface area contributed by atoms with Gasteiger partial charge in [0.25, 0.3) is 0 Å². The standard InChI is InChI=1S/C21H38.C20H36.C17H30.C16H28.C14H24.C13H22.C12H20/c1-3-5-7-8-9-10-11-13-15-21-18-16-20(17-19-21)14-12-6-4-2;1-3-5-7-8-9-10-12-14-20-17-15-19(16-18-20)13-11-6-4-2;1-3-5-7-9-11-17-14-12-16(13-15-17)10-8-6-4-2;1-3-5-7-9-15-11-13-16(14-12-15)10-8-6-4-2;1-3-5-6-7-8-14-11-9-13(4-2)10-12-14;1-3-5-6-7-13-10-8-12(4-2)9-11-13;1-3-5-6-12-9-7-11(4-2)8-10-12/h12-15,20-21H,3-11,16-19H2,1-2H3;11-14,19-20H,3-10,15-18H2,1-2H3;8-11,16-17H,3-7,12-15H2,1-2H3;7-10,15-16H,3-6,11-14H2,1-2H3;4-6,13-14H,2-3,7-12H2,1H3;3-5,12-13H,2,6-11H2,1H3;3-4,11-12H,1-2,5-10H2/b14-12+,15-13+;13-11+,14-12+;10-8+,11-9+;9-7+,10-8+;6-5+;5-3+;. The molecule has 0 atom stereocenters. The Morgan fingerprint density at radius 1 is 0.195 bits per heavy atom. The molecule has 0 radical (unpaired) electrons. The van der Waals surface area contributed by atoms with Crippen LogP contribution in [-0.2, 0) is 0 Å². The molecule has 0 aromatic heterocycles. The van der Waals surface area contributed by atoms with Crippen LogP contribution in [0, 0.1) is 82.9 Å². The van der Waals surface area contributed by atoms with E-state index in [1.165, 1.54) is 392 Å². The van der Waals surface area contributed by atoms with Gasteiger partial charge in [-0.05, 0) is 379 Å². The second kappa shape index (κ2) is 82.1. The summed E-state index contributed by atoms with van der Waals surface area (Å²) in [5.41, 5.74) is 0. The van der Waals surface area contributed by atoms with Gasteiger partial charge in [0.15, 0.2) is 0 Å². The Bertz CT molecular complexity index is 2300. The van der Waals surface area contributed by atoms with Crippen LogP contribution in [0.15, 0.2) is 172 Å². The van der Waals surface area contributed by atoms with Crippen LogP contribution in [0.5, 0.6) is 0 Å². The Morgan fingerprint density at radius 2 is 0.416 bits per heavy atom. The molecule has 0 unspecified atom stereocenters. The molecule has 0 saturated heterocycles. The molecule has 7 fully saturated rings. The van der Waals surface area contributed by atoms with Gasteiger partial charge in [0, 0.05) is 0 Å². The third-order valence-corrected chi connectivity index (χ3v) is 26.3. The smallest absolute Gasteiger partial charge is 0.0233 e. The summed E-state index contributed by atoms with van der Waals surface area (Å²) >= 11 is 0. The van der Waals surface area contributed by atoms with E-state index < -0.39 is 0 Å². The molecule has 0 spiro atoms. The predicted octanol–water partition coefficient (Wildman–Crippen LogP) is 38.9. The van der Waals surface area contributed by atoms with Crippen molar-refractivity contribution in [3.05, 3.63) is 172 Å². The molecule has 7 rings (SSSR count). The van der Waals surface area contributed by atoms with Gasteiger partial charge >= 0.3 is 0 Å². The Morgan fingerprint density at radius 3 is 0.646 bits per heavy atom. The lowest BCUT2D eigenvalue weighted by Gasteiger charge is -2.26. The quantitative estimate of drug-likeness (QED) is 0.0421.